The molecule has 0 aliphatic carbocycles. The third-order valence-corrected chi connectivity index (χ3v) is 7.97. The average Bonchev–Trinajstić information content (AvgIpc) is 2.35. The molecule has 20 heavy (non-hydrogen) atoms. The van der Waals surface area contributed by atoms with Gasteiger partial charge >= 0.3 is 17.5 Å². The van der Waals surface area contributed by atoms with E-state index in [1.165, 1.54) is 0 Å². The molecule has 0 aromatic heterocycles. The van der Waals surface area contributed by atoms with Crippen LogP contribution in [0, 0.1) is 0 Å². The quantitative estimate of drug-likeness (QED) is 0.149. The maximum atomic E-state index is 13.6. The standard InChI is InChI=1S/C14H30F4Si2/c1-3-5-7-11-19(15,16)13-9-10-14-20(17,18)12-8-6-4-2/h3-14H2,1-2H3. The summed E-state index contributed by atoms with van der Waals surface area (Å²) >= 11 is 0. The Hall–Kier alpha value is 0.154. The van der Waals surface area contributed by atoms with Gasteiger partial charge in [0.25, 0.3) is 0 Å². The van der Waals surface area contributed by atoms with E-state index in [1.54, 1.807) is 0 Å². The highest BCUT2D eigenvalue weighted by Gasteiger charge is 2.36. The zero-order valence-electron chi connectivity index (χ0n) is 13.0. The van der Waals surface area contributed by atoms with Gasteiger partial charge < -0.3 is 0 Å². The molecule has 0 nitrogen and oxygen atoms in total. The first-order valence-electron chi connectivity index (χ1n) is 8.08. The summed E-state index contributed by atoms with van der Waals surface area (Å²) in [5, 5.41) is 0. The third kappa shape index (κ3) is 11.9. The first-order valence-corrected chi connectivity index (χ1v) is 12.4. The number of rotatable bonds is 13. The lowest BCUT2D eigenvalue weighted by Crippen LogP contribution is -2.24. The Labute approximate surface area is 124 Å². The second-order valence-corrected chi connectivity index (χ2v) is 11.3. The zero-order valence-corrected chi connectivity index (χ0v) is 15.0. The first-order chi connectivity index (χ1) is 9.33. The maximum Gasteiger partial charge on any atom is 0.425 e. The van der Waals surface area contributed by atoms with Gasteiger partial charge in [0.2, 0.25) is 0 Å². The lowest BCUT2D eigenvalue weighted by Gasteiger charge is -2.15. The minimum absolute atomic E-state index is 0.0468. The van der Waals surface area contributed by atoms with Gasteiger partial charge in [0, 0.05) is 0 Å². The van der Waals surface area contributed by atoms with E-state index < -0.39 is 17.5 Å². The zero-order chi connectivity index (χ0) is 15.5. The molecule has 0 heterocycles. The largest absolute Gasteiger partial charge is 0.425 e. The molecule has 0 saturated heterocycles. The van der Waals surface area contributed by atoms with Crippen molar-refractivity contribution in [1.82, 2.24) is 0 Å². The molecule has 0 N–H and O–H groups in total. The Morgan fingerprint density at radius 3 is 1.00 bits per heavy atom. The van der Waals surface area contributed by atoms with Crippen LogP contribution in [0.5, 0.6) is 0 Å². The van der Waals surface area contributed by atoms with Crippen LogP contribution in [0.4, 0.5) is 16.4 Å². The Balaban J connectivity index is 3.71. The van der Waals surface area contributed by atoms with Crippen LogP contribution in [0.15, 0.2) is 0 Å². The summed E-state index contributed by atoms with van der Waals surface area (Å²) in [6, 6.07) is -0.0807. The molecule has 6 heteroatoms. The summed E-state index contributed by atoms with van der Waals surface area (Å²) < 4.78 is 54.3. The van der Waals surface area contributed by atoms with E-state index >= 15 is 0 Å². The van der Waals surface area contributed by atoms with E-state index in [4.69, 9.17) is 0 Å². The monoisotopic (exact) mass is 330 g/mol. The molecule has 0 aliphatic heterocycles. The van der Waals surface area contributed by atoms with Crippen LogP contribution in [0.1, 0.15) is 65.2 Å². The Morgan fingerprint density at radius 2 is 0.750 bits per heavy atom. The normalized spacial score (nSPS) is 12.9. The highest BCUT2D eigenvalue weighted by Crippen LogP contribution is 2.29. The fourth-order valence-corrected chi connectivity index (χ4v) is 5.85. The fourth-order valence-electron chi connectivity index (χ4n) is 2.28. The van der Waals surface area contributed by atoms with Gasteiger partial charge in [-0.2, -0.15) is 0 Å². The SMILES string of the molecule is CCCCC[Si](F)(F)CCCC[Si](F)(F)CCCCC. The van der Waals surface area contributed by atoms with E-state index in [0.29, 0.717) is 25.7 Å². The van der Waals surface area contributed by atoms with Gasteiger partial charge in [-0.25, -0.2) is 0 Å². The molecule has 0 aromatic rings. The molecule has 0 rings (SSSR count). The predicted molar refractivity (Wildman–Crippen MR) is 83.5 cm³/mol. The number of unbranched alkanes of at least 4 members (excludes halogenated alkanes) is 5. The van der Waals surface area contributed by atoms with E-state index in [9.17, 15) is 16.4 Å². The van der Waals surface area contributed by atoms with Crippen LogP contribution in [-0.4, -0.2) is 17.5 Å². The van der Waals surface area contributed by atoms with Crippen LogP contribution in [0.3, 0.4) is 0 Å². The summed E-state index contributed by atoms with van der Waals surface area (Å²) in [6.45, 7) is 3.98. The van der Waals surface area contributed by atoms with Gasteiger partial charge in [0.15, 0.2) is 0 Å². The average molecular weight is 331 g/mol. The Kier molecular flexibility index (Phi) is 10.9. The number of hydrogen-bond acceptors (Lipinski definition) is 0. The van der Waals surface area contributed by atoms with Gasteiger partial charge in [-0.3, -0.25) is 16.4 Å². The predicted octanol–water partition coefficient (Wildman–Crippen LogP) is 6.91. The van der Waals surface area contributed by atoms with Crippen molar-refractivity contribution in [3.05, 3.63) is 0 Å². The molecule has 0 atom stereocenters. The molecular formula is C14H30F4Si2. The van der Waals surface area contributed by atoms with Crippen molar-refractivity contribution >= 4 is 17.5 Å². The fraction of sp³-hybridized carbons (Fsp3) is 1.00. The van der Waals surface area contributed by atoms with Crippen molar-refractivity contribution in [2.45, 2.75) is 89.4 Å². The van der Waals surface area contributed by atoms with Gasteiger partial charge in [-0.05, 0) is 24.2 Å². The van der Waals surface area contributed by atoms with Gasteiger partial charge in [0.1, 0.15) is 0 Å². The van der Waals surface area contributed by atoms with Crippen molar-refractivity contribution in [3.63, 3.8) is 0 Å². The van der Waals surface area contributed by atoms with Crippen molar-refractivity contribution in [3.8, 4) is 0 Å². The van der Waals surface area contributed by atoms with Gasteiger partial charge in [-0.1, -0.05) is 65.2 Å². The Bertz CT molecular complexity index is 211. The maximum absolute atomic E-state index is 13.6. The lowest BCUT2D eigenvalue weighted by molar-refractivity contribution is 0.543. The lowest BCUT2D eigenvalue weighted by atomic mass is 10.3. The molecule has 0 fully saturated rings. The number of halogens is 4. The molecule has 0 bridgehead atoms. The summed E-state index contributed by atoms with van der Waals surface area (Å²) in [5.41, 5.74) is 0. The van der Waals surface area contributed by atoms with Crippen LogP contribution >= 0.6 is 0 Å². The Morgan fingerprint density at radius 1 is 0.500 bits per heavy atom. The van der Waals surface area contributed by atoms with Crippen LogP contribution in [0.2, 0.25) is 24.2 Å². The van der Waals surface area contributed by atoms with E-state index in [0.717, 1.165) is 25.7 Å². The molecule has 0 unspecified atom stereocenters. The molecule has 0 aromatic carbocycles. The van der Waals surface area contributed by atoms with Crippen molar-refractivity contribution in [2.75, 3.05) is 0 Å². The van der Waals surface area contributed by atoms with Gasteiger partial charge in [0.05, 0.1) is 0 Å². The highest BCUT2D eigenvalue weighted by molar-refractivity contribution is 6.66. The smallest absolute Gasteiger partial charge is 0.270 e. The second-order valence-electron chi connectivity index (χ2n) is 5.83. The highest BCUT2D eigenvalue weighted by atomic mass is 28.4. The second kappa shape index (κ2) is 10.8. The summed E-state index contributed by atoms with van der Waals surface area (Å²) in [5.74, 6) is 0. The molecule has 0 saturated carbocycles. The molecular weight excluding hydrogens is 300 g/mol. The molecule has 0 radical (unpaired) electrons. The van der Waals surface area contributed by atoms with Crippen LogP contribution in [0.25, 0.3) is 0 Å². The van der Waals surface area contributed by atoms with Crippen molar-refractivity contribution < 1.29 is 16.4 Å². The van der Waals surface area contributed by atoms with Crippen LogP contribution < -0.4 is 0 Å². The van der Waals surface area contributed by atoms with Crippen LogP contribution in [-0.2, 0) is 0 Å². The molecule has 0 spiro atoms. The first kappa shape index (κ1) is 20.2. The minimum atomic E-state index is -4.10. The number of hydrogen-bond donors (Lipinski definition) is 0. The van der Waals surface area contributed by atoms with E-state index in [1.807, 2.05) is 13.8 Å². The third-order valence-electron chi connectivity index (χ3n) is 3.63. The van der Waals surface area contributed by atoms with Gasteiger partial charge in [-0.15, -0.1) is 0 Å². The molecule has 0 aliphatic rings. The minimum Gasteiger partial charge on any atom is -0.270 e. The van der Waals surface area contributed by atoms with E-state index in [-0.39, 0.29) is 24.2 Å². The van der Waals surface area contributed by atoms with E-state index in [2.05, 4.69) is 0 Å². The summed E-state index contributed by atoms with van der Waals surface area (Å²) in [6.07, 6.45) is 5.37. The van der Waals surface area contributed by atoms with Crippen molar-refractivity contribution in [1.29, 1.82) is 0 Å². The van der Waals surface area contributed by atoms with Crippen molar-refractivity contribution in [2.24, 2.45) is 0 Å². The topological polar surface area (TPSA) is 0 Å². The molecule has 0 amide bonds. The molecule has 122 valence electrons. The summed E-state index contributed by atoms with van der Waals surface area (Å²) in [7, 11) is -8.20. The summed E-state index contributed by atoms with van der Waals surface area (Å²) in [4.78, 5) is 0.